The van der Waals surface area contributed by atoms with E-state index in [1.165, 1.54) is 17.3 Å². The lowest BCUT2D eigenvalue weighted by molar-refractivity contribution is -0.138. The minimum Gasteiger partial charge on any atom is -0.458 e. The standard InChI is InChI=1S/C28H36N4O4S/c1-5-14-36-27(34)25-20(4)30-28-32(26(25)22-8-6-21(7-9-22)19(2)3)23(18-37-28)17-24(33)29-10-11-31-12-15-35-16-13-31/h5-9,18-19,26H,1,10-17H2,2-4H3,(H,29,33)/t26-/m0/s1. The first-order chi connectivity index (χ1) is 17.9. The van der Waals surface area contributed by atoms with Crippen LogP contribution in [0.15, 0.2) is 64.3 Å². The van der Waals surface area contributed by atoms with Gasteiger partial charge in [0.2, 0.25) is 5.91 Å². The van der Waals surface area contributed by atoms with E-state index in [2.05, 4.69) is 54.9 Å². The zero-order valence-electron chi connectivity index (χ0n) is 21.9. The number of hydrogen-bond acceptors (Lipinski definition) is 8. The number of nitrogens with one attached hydrogen (secondary N) is 1. The maximum atomic E-state index is 13.2. The van der Waals surface area contributed by atoms with Crippen LogP contribution < -0.4 is 5.32 Å². The van der Waals surface area contributed by atoms with Gasteiger partial charge in [-0.25, -0.2) is 9.79 Å². The smallest absolute Gasteiger partial charge is 0.338 e. The number of aliphatic imine (C=N–C) groups is 1. The number of rotatable bonds is 10. The van der Waals surface area contributed by atoms with Crippen molar-refractivity contribution in [3.63, 3.8) is 0 Å². The van der Waals surface area contributed by atoms with Crippen LogP contribution in [0.3, 0.4) is 0 Å². The molecule has 3 heterocycles. The Morgan fingerprint density at radius 2 is 2.00 bits per heavy atom. The number of allylic oxidation sites excluding steroid dienone is 1. The van der Waals surface area contributed by atoms with Crippen LogP contribution in [0, 0.1) is 0 Å². The van der Waals surface area contributed by atoms with Gasteiger partial charge in [0.05, 0.1) is 36.9 Å². The number of benzene rings is 1. The van der Waals surface area contributed by atoms with Crippen LogP contribution in [0.1, 0.15) is 50.3 Å². The molecule has 0 spiro atoms. The average Bonchev–Trinajstić information content (AvgIpc) is 3.28. The first kappa shape index (κ1) is 27.2. The quantitative estimate of drug-likeness (QED) is 0.367. The highest BCUT2D eigenvalue weighted by molar-refractivity contribution is 8.16. The van der Waals surface area contributed by atoms with Gasteiger partial charge in [-0.2, -0.15) is 0 Å². The Balaban J connectivity index is 1.54. The van der Waals surface area contributed by atoms with Crippen LogP contribution in [0.2, 0.25) is 0 Å². The molecule has 0 aromatic heterocycles. The highest BCUT2D eigenvalue weighted by Gasteiger charge is 2.41. The molecule has 37 heavy (non-hydrogen) atoms. The molecule has 4 rings (SSSR count). The summed E-state index contributed by atoms with van der Waals surface area (Å²) in [5, 5.41) is 5.76. The number of hydrogen-bond donors (Lipinski definition) is 1. The summed E-state index contributed by atoms with van der Waals surface area (Å²) in [5.74, 6) is -0.0903. The Morgan fingerprint density at radius 1 is 1.27 bits per heavy atom. The molecule has 0 bridgehead atoms. The van der Waals surface area contributed by atoms with E-state index in [0.717, 1.165) is 49.3 Å². The lowest BCUT2D eigenvalue weighted by atomic mass is 9.92. The number of thioether (sulfide) groups is 1. The molecule has 198 valence electrons. The van der Waals surface area contributed by atoms with Crippen LogP contribution in [-0.4, -0.2) is 72.8 Å². The fourth-order valence-corrected chi connectivity index (χ4v) is 5.59. The molecule has 3 aliphatic heterocycles. The normalized spacial score (nSPS) is 19.9. The molecule has 1 aromatic carbocycles. The van der Waals surface area contributed by atoms with Gasteiger partial charge >= 0.3 is 5.97 Å². The van der Waals surface area contributed by atoms with Gasteiger partial charge in [-0.05, 0) is 29.4 Å². The monoisotopic (exact) mass is 524 g/mol. The van der Waals surface area contributed by atoms with Crippen molar-refractivity contribution < 1.29 is 19.1 Å². The second-order valence-corrected chi connectivity index (χ2v) is 10.4. The Labute approximate surface area is 223 Å². The molecule has 3 aliphatic rings. The molecular formula is C28H36N4O4S. The van der Waals surface area contributed by atoms with Crippen LogP contribution in [0.4, 0.5) is 0 Å². The Morgan fingerprint density at radius 3 is 2.68 bits per heavy atom. The van der Waals surface area contributed by atoms with Crippen molar-refractivity contribution in [2.24, 2.45) is 4.99 Å². The molecule has 9 heteroatoms. The van der Waals surface area contributed by atoms with Gasteiger partial charge in [-0.1, -0.05) is 62.5 Å². The SMILES string of the molecule is C=CCOC(=O)C1=C(C)N=C2SC=C(CC(=O)NCCN3CCOCC3)N2[C@H]1c1ccc(C(C)C)cc1. The molecule has 0 unspecified atom stereocenters. The van der Waals surface area contributed by atoms with E-state index in [1.54, 1.807) is 6.08 Å². The molecule has 0 aliphatic carbocycles. The third-order valence-corrected chi connectivity index (χ3v) is 7.56. The largest absolute Gasteiger partial charge is 0.458 e. The molecule has 1 aromatic rings. The number of carbonyl (C=O) groups excluding carboxylic acids is 2. The summed E-state index contributed by atoms with van der Waals surface area (Å²) in [6.45, 7) is 14.5. The van der Waals surface area contributed by atoms with Crippen LogP contribution in [-0.2, 0) is 19.1 Å². The Kier molecular flexibility index (Phi) is 9.23. The number of ether oxygens (including phenoxy) is 2. The highest BCUT2D eigenvalue weighted by Crippen LogP contribution is 2.45. The van der Waals surface area contributed by atoms with Gasteiger partial charge in [-0.3, -0.25) is 9.69 Å². The summed E-state index contributed by atoms with van der Waals surface area (Å²) in [7, 11) is 0. The molecular weight excluding hydrogens is 488 g/mol. The van der Waals surface area contributed by atoms with Crippen molar-refractivity contribution in [3.05, 3.63) is 70.4 Å². The zero-order valence-corrected chi connectivity index (χ0v) is 22.7. The van der Waals surface area contributed by atoms with E-state index in [0.29, 0.717) is 23.7 Å². The predicted octanol–water partition coefficient (Wildman–Crippen LogP) is 3.95. The molecule has 1 N–H and O–H groups in total. The summed E-state index contributed by atoms with van der Waals surface area (Å²) in [5.41, 5.74) is 4.07. The fourth-order valence-electron chi connectivity index (χ4n) is 4.63. The minimum absolute atomic E-state index is 0.0580. The second kappa shape index (κ2) is 12.6. The van der Waals surface area contributed by atoms with Crippen molar-refractivity contribution in [3.8, 4) is 0 Å². The summed E-state index contributed by atoms with van der Waals surface area (Å²) in [4.78, 5) is 35.1. The average molecular weight is 525 g/mol. The molecule has 1 fully saturated rings. The van der Waals surface area contributed by atoms with Crippen molar-refractivity contribution in [2.75, 3.05) is 46.0 Å². The number of carbonyl (C=O) groups is 2. The minimum atomic E-state index is -0.437. The van der Waals surface area contributed by atoms with Gasteiger partial charge < -0.3 is 19.7 Å². The van der Waals surface area contributed by atoms with Gasteiger partial charge in [0, 0.05) is 31.9 Å². The van der Waals surface area contributed by atoms with Gasteiger partial charge in [0.15, 0.2) is 5.17 Å². The van der Waals surface area contributed by atoms with E-state index in [-0.39, 0.29) is 18.9 Å². The lowest BCUT2D eigenvalue weighted by Crippen LogP contribution is -2.42. The highest BCUT2D eigenvalue weighted by atomic mass is 32.2. The molecule has 1 saturated heterocycles. The maximum Gasteiger partial charge on any atom is 0.338 e. The van der Waals surface area contributed by atoms with Crippen molar-refractivity contribution in [1.29, 1.82) is 0 Å². The number of amidine groups is 1. The van der Waals surface area contributed by atoms with Crippen LogP contribution in [0.25, 0.3) is 0 Å². The molecule has 1 amide bonds. The van der Waals surface area contributed by atoms with E-state index in [9.17, 15) is 9.59 Å². The van der Waals surface area contributed by atoms with E-state index >= 15 is 0 Å². The van der Waals surface area contributed by atoms with Gasteiger partial charge in [0.25, 0.3) is 0 Å². The van der Waals surface area contributed by atoms with Crippen molar-refractivity contribution in [2.45, 2.75) is 39.2 Å². The lowest BCUT2D eigenvalue weighted by Gasteiger charge is -2.36. The molecule has 1 atom stereocenters. The van der Waals surface area contributed by atoms with E-state index in [1.807, 2.05) is 17.2 Å². The van der Waals surface area contributed by atoms with Gasteiger partial charge in [0.1, 0.15) is 6.61 Å². The summed E-state index contributed by atoms with van der Waals surface area (Å²) >= 11 is 1.47. The Hall–Kier alpha value is -2.88. The number of esters is 1. The number of morpholine rings is 1. The fraction of sp³-hybridized carbons (Fsp3) is 0.464. The van der Waals surface area contributed by atoms with Gasteiger partial charge in [-0.15, -0.1) is 0 Å². The summed E-state index contributed by atoms with van der Waals surface area (Å²) < 4.78 is 10.8. The van der Waals surface area contributed by atoms with Crippen molar-refractivity contribution in [1.82, 2.24) is 15.1 Å². The Bertz CT molecular complexity index is 1100. The van der Waals surface area contributed by atoms with E-state index < -0.39 is 12.0 Å². The molecule has 8 nitrogen and oxygen atoms in total. The summed E-state index contributed by atoms with van der Waals surface area (Å²) in [6, 6.07) is 7.87. The van der Waals surface area contributed by atoms with E-state index in [4.69, 9.17) is 14.5 Å². The number of amides is 1. The summed E-state index contributed by atoms with van der Waals surface area (Å²) in [6.07, 6.45) is 1.75. The first-order valence-electron chi connectivity index (χ1n) is 12.8. The number of fused-ring (bicyclic) bond motifs is 1. The third-order valence-electron chi connectivity index (χ3n) is 6.67. The zero-order chi connectivity index (χ0) is 26.4. The topological polar surface area (TPSA) is 83.5 Å². The second-order valence-electron chi connectivity index (χ2n) is 9.58. The molecule has 0 radical (unpaired) electrons. The van der Waals surface area contributed by atoms with Crippen LogP contribution >= 0.6 is 11.8 Å². The van der Waals surface area contributed by atoms with Crippen molar-refractivity contribution >= 4 is 28.8 Å². The maximum absolute atomic E-state index is 13.2. The molecule has 0 saturated carbocycles. The first-order valence-corrected chi connectivity index (χ1v) is 13.7. The predicted molar refractivity (Wildman–Crippen MR) is 147 cm³/mol. The van der Waals surface area contributed by atoms with Crippen LogP contribution in [0.5, 0.6) is 0 Å². The number of nitrogens with zero attached hydrogens (tertiary/aromatic N) is 3. The third kappa shape index (κ3) is 6.52.